The zero-order valence-electron chi connectivity index (χ0n) is 24.6. The standard InChI is InChI=1S/C31H54NO5P/c1-5-6-7-8-9-10-11-12-13-14-15-16-17-18-19-20-27-35-31-23-21-30(22-24-31)25-28-36-38(33,34)37-29-26-32(2,3)4/h9-10,12-13,21-24H,5-8,11,14-20,25-29H2,1-4H3/p+1/b10-9-,13-12-. The second-order valence-corrected chi connectivity index (χ2v) is 12.4. The van der Waals surface area contributed by atoms with Crippen LogP contribution in [0, 0.1) is 0 Å². The van der Waals surface area contributed by atoms with Gasteiger partial charge in [0.1, 0.15) is 18.9 Å². The lowest BCUT2D eigenvalue weighted by Crippen LogP contribution is -2.37. The molecule has 1 unspecified atom stereocenters. The Hall–Kier alpha value is -1.43. The second kappa shape index (κ2) is 21.4. The van der Waals surface area contributed by atoms with Crippen LogP contribution >= 0.6 is 7.82 Å². The Kier molecular flexibility index (Phi) is 19.5. The van der Waals surface area contributed by atoms with E-state index in [-0.39, 0.29) is 13.2 Å². The predicted octanol–water partition coefficient (Wildman–Crippen LogP) is 8.26. The molecule has 0 aliphatic rings. The monoisotopic (exact) mass is 552 g/mol. The van der Waals surface area contributed by atoms with Crippen molar-refractivity contribution in [2.45, 2.75) is 90.4 Å². The molecule has 0 amide bonds. The van der Waals surface area contributed by atoms with Crippen LogP contribution in [0.25, 0.3) is 0 Å². The summed E-state index contributed by atoms with van der Waals surface area (Å²) in [5.41, 5.74) is 1.03. The maximum absolute atomic E-state index is 12.0. The number of phosphoric acid groups is 1. The number of hydrogen-bond donors (Lipinski definition) is 1. The number of likely N-dealkylation sites (N-methyl/N-ethyl adjacent to an activating group) is 1. The lowest BCUT2D eigenvalue weighted by atomic mass is 10.1. The van der Waals surface area contributed by atoms with Gasteiger partial charge in [0.2, 0.25) is 0 Å². The molecule has 0 saturated carbocycles. The van der Waals surface area contributed by atoms with Gasteiger partial charge in [-0.15, -0.1) is 0 Å². The van der Waals surface area contributed by atoms with E-state index in [1.807, 2.05) is 45.4 Å². The maximum atomic E-state index is 12.0. The fraction of sp³-hybridized carbons (Fsp3) is 0.677. The Balaban J connectivity index is 2.00. The quantitative estimate of drug-likeness (QED) is 0.0605. The SMILES string of the molecule is CCCCC/C=C\C/C=C\CCCCCCCCOc1ccc(CCOP(=O)(O)OCC[N+](C)(C)C)cc1. The fourth-order valence-corrected chi connectivity index (χ4v) is 4.49. The molecule has 218 valence electrons. The molecule has 0 fully saturated rings. The van der Waals surface area contributed by atoms with Crippen molar-refractivity contribution in [2.24, 2.45) is 0 Å². The van der Waals surface area contributed by atoms with Gasteiger partial charge in [0.05, 0.1) is 34.4 Å². The van der Waals surface area contributed by atoms with E-state index in [4.69, 9.17) is 13.8 Å². The van der Waals surface area contributed by atoms with Gasteiger partial charge >= 0.3 is 7.82 Å². The number of nitrogens with zero attached hydrogens (tertiary/aromatic N) is 1. The molecule has 0 saturated heterocycles. The van der Waals surface area contributed by atoms with Crippen LogP contribution in [0.1, 0.15) is 89.5 Å². The minimum atomic E-state index is -4.01. The largest absolute Gasteiger partial charge is 0.494 e. The van der Waals surface area contributed by atoms with Gasteiger partial charge in [-0.3, -0.25) is 9.05 Å². The maximum Gasteiger partial charge on any atom is 0.472 e. The predicted molar refractivity (Wildman–Crippen MR) is 160 cm³/mol. The van der Waals surface area contributed by atoms with Gasteiger partial charge in [0.25, 0.3) is 0 Å². The molecular formula is C31H55NO5P+. The van der Waals surface area contributed by atoms with Gasteiger partial charge in [0, 0.05) is 0 Å². The van der Waals surface area contributed by atoms with E-state index in [0.717, 1.165) is 30.8 Å². The Labute approximate surface area is 233 Å². The molecular weight excluding hydrogens is 497 g/mol. The molecule has 1 rings (SSSR count). The third kappa shape index (κ3) is 21.5. The molecule has 1 aromatic rings. The number of hydrogen-bond acceptors (Lipinski definition) is 4. The molecule has 0 heterocycles. The summed E-state index contributed by atoms with van der Waals surface area (Å²) >= 11 is 0. The third-order valence-corrected chi connectivity index (χ3v) is 7.22. The van der Waals surface area contributed by atoms with Crippen LogP contribution in [0.4, 0.5) is 0 Å². The summed E-state index contributed by atoms with van der Waals surface area (Å²) in [6.07, 6.45) is 24.6. The molecule has 0 radical (unpaired) electrons. The van der Waals surface area contributed by atoms with Crippen molar-refractivity contribution in [2.75, 3.05) is 47.5 Å². The van der Waals surface area contributed by atoms with Crippen LogP contribution < -0.4 is 4.74 Å². The molecule has 0 aromatic heterocycles. The molecule has 7 heteroatoms. The lowest BCUT2D eigenvalue weighted by Gasteiger charge is -2.24. The molecule has 0 bridgehead atoms. The number of benzene rings is 1. The lowest BCUT2D eigenvalue weighted by molar-refractivity contribution is -0.870. The first-order chi connectivity index (χ1) is 18.2. The Bertz CT molecular complexity index is 801. The van der Waals surface area contributed by atoms with Crippen LogP contribution in [0.5, 0.6) is 5.75 Å². The first-order valence-corrected chi connectivity index (χ1v) is 16.2. The molecule has 1 N–H and O–H groups in total. The van der Waals surface area contributed by atoms with Gasteiger partial charge in [-0.25, -0.2) is 4.57 Å². The summed E-state index contributed by atoms with van der Waals surface area (Å²) in [5.74, 6) is 0.855. The highest BCUT2D eigenvalue weighted by molar-refractivity contribution is 7.47. The normalized spacial score (nSPS) is 13.9. The van der Waals surface area contributed by atoms with E-state index < -0.39 is 7.82 Å². The average molecular weight is 553 g/mol. The molecule has 6 nitrogen and oxygen atoms in total. The van der Waals surface area contributed by atoms with Gasteiger partial charge in [-0.1, -0.05) is 81.9 Å². The summed E-state index contributed by atoms with van der Waals surface area (Å²) in [5, 5.41) is 0. The van der Waals surface area contributed by atoms with E-state index in [0.29, 0.717) is 17.4 Å². The summed E-state index contributed by atoms with van der Waals surface area (Å²) in [4.78, 5) is 9.79. The summed E-state index contributed by atoms with van der Waals surface area (Å²) in [6, 6.07) is 7.83. The third-order valence-electron chi connectivity index (χ3n) is 6.20. The van der Waals surface area contributed by atoms with E-state index in [1.165, 1.54) is 64.2 Å². The first kappa shape index (κ1) is 34.6. The van der Waals surface area contributed by atoms with Crippen molar-refractivity contribution in [3.05, 3.63) is 54.1 Å². The highest BCUT2D eigenvalue weighted by atomic mass is 31.2. The van der Waals surface area contributed by atoms with Crippen molar-refractivity contribution in [3.8, 4) is 5.75 Å². The van der Waals surface area contributed by atoms with Crippen molar-refractivity contribution < 1.29 is 27.7 Å². The van der Waals surface area contributed by atoms with Gasteiger partial charge in [-0.05, 0) is 62.6 Å². The number of ether oxygens (including phenoxy) is 1. The molecule has 1 aromatic carbocycles. The highest BCUT2D eigenvalue weighted by Gasteiger charge is 2.22. The van der Waals surface area contributed by atoms with Gasteiger partial charge in [-0.2, -0.15) is 0 Å². The van der Waals surface area contributed by atoms with Gasteiger partial charge < -0.3 is 14.1 Å². The Morgan fingerprint density at radius 1 is 0.763 bits per heavy atom. The van der Waals surface area contributed by atoms with E-state index >= 15 is 0 Å². The molecule has 0 aliphatic heterocycles. The highest BCUT2D eigenvalue weighted by Crippen LogP contribution is 2.43. The van der Waals surface area contributed by atoms with E-state index in [2.05, 4.69) is 31.2 Å². The number of unbranched alkanes of at least 4 members (excludes halogenated alkanes) is 9. The fourth-order valence-electron chi connectivity index (χ4n) is 3.78. The molecule has 1 atom stereocenters. The number of quaternary nitrogens is 1. The Morgan fingerprint density at radius 2 is 1.34 bits per heavy atom. The molecule has 0 spiro atoms. The number of phosphoric ester groups is 1. The summed E-state index contributed by atoms with van der Waals surface area (Å²) < 4.78 is 28.6. The summed E-state index contributed by atoms with van der Waals surface area (Å²) in [7, 11) is 1.99. The van der Waals surface area contributed by atoms with Crippen LogP contribution in [-0.2, 0) is 20.0 Å². The smallest absolute Gasteiger partial charge is 0.472 e. The molecule has 38 heavy (non-hydrogen) atoms. The molecule has 0 aliphatic carbocycles. The van der Waals surface area contributed by atoms with E-state index in [9.17, 15) is 9.46 Å². The minimum absolute atomic E-state index is 0.130. The van der Waals surface area contributed by atoms with Crippen molar-refractivity contribution in [1.29, 1.82) is 0 Å². The van der Waals surface area contributed by atoms with Crippen molar-refractivity contribution in [3.63, 3.8) is 0 Å². The van der Waals surface area contributed by atoms with E-state index in [1.54, 1.807) is 0 Å². The zero-order chi connectivity index (χ0) is 28.0. The number of rotatable bonds is 24. The topological polar surface area (TPSA) is 65.0 Å². The van der Waals surface area contributed by atoms with Crippen molar-refractivity contribution >= 4 is 7.82 Å². The minimum Gasteiger partial charge on any atom is -0.494 e. The summed E-state index contributed by atoms with van der Waals surface area (Å²) in [6.45, 7) is 3.92. The van der Waals surface area contributed by atoms with Crippen LogP contribution in [-0.4, -0.2) is 56.9 Å². The van der Waals surface area contributed by atoms with Crippen molar-refractivity contribution in [1.82, 2.24) is 0 Å². The zero-order valence-corrected chi connectivity index (χ0v) is 25.5. The second-order valence-electron chi connectivity index (χ2n) is 11.0. The van der Waals surface area contributed by atoms with Crippen LogP contribution in [0.3, 0.4) is 0 Å². The average Bonchev–Trinajstić information content (AvgIpc) is 2.86. The number of allylic oxidation sites excluding steroid dienone is 4. The van der Waals surface area contributed by atoms with Crippen LogP contribution in [0.15, 0.2) is 48.6 Å². The first-order valence-electron chi connectivity index (χ1n) is 14.7. The van der Waals surface area contributed by atoms with Gasteiger partial charge in [0.15, 0.2) is 0 Å². The van der Waals surface area contributed by atoms with Crippen LogP contribution in [0.2, 0.25) is 0 Å². The Morgan fingerprint density at radius 3 is 1.97 bits per heavy atom.